The second kappa shape index (κ2) is 7.13. The van der Waals surface area contributed by atoms with E-state index in [0.717, 1.165) is 17.4 Å². The molecule has 0 aliphatic heterocycles. The number of sulfonamides is 1. The van der Waals surface area contributed by atoms with E-state index in [9.17, 15) is 8.42 Å². The number of ether oxygens (including phenoxy) is 1. The van der Waals surface area contributed by atoms with Gasteiger partial charge in [-0.1, -0.05) is 42.5 Å². The Labute approximate surface area is 131 Å². The van der Waals surface area contributed by atoms with Gasteiger partial charge in [0.05, 0.1) is 11.9 Å². The molecular formula is C17H19NO3S. The molecule has 0 saturated heterocycles. The minimum absolute atomic E-state index is 0.375. The van der Waals surface area contributed by atoms with Gasteiger partial charge < -0.3 is 4.74 Å². The van der Waals surface area contributed by atoms with Crippen LogP contribution in [0.1, 0.15) is 11.1 Å². The highest BCUT2D eigenvalue weighted by Crippen LogP contribution is 2.28. The van der Waals surface area contributed by atoms with E-state index >= 15 is 0 Å². The summed E-state index contributed by atoms with van der Waals surface area (Å²) in [4.78, 5) is 0. The lowest BCUT2D eigenvalue weighted by atomic mass is 10.1. The molecule has 0 heterocycles. The van der Waals surface area contributed by atoms with E-state index in [-0.39, 0.29) is 0 Å². The molecule has 4 nitrogen and oxygen atoms in total. The van der Waals surface area contributed by atoms with Gasteiger partial charge in [-0.2, -0.15) is 0 Å². The summed E-state index contributed by atoms with van der Waals surface area (Å²) >= 11 is 0. The van der Waals surface area contributed by atoms with Crippen LogP contribution in [-0.4, -0.2) is 14.7 Å². The molecule has 0 saturated carbocycles. The van der Waals surface area contributed by atoms with Crippen molar-refractivity contribution in [3.05, 3.63) is 72.3 Å². The van der Waals surface area contributed by atoms with Crippen molar-refractivity contribution in [3.8, 4) is 5.75 Å². The minimum Gasteiger partial charge on any atom is -0.487 e. The highest BCUT2D eigenvalue weighted by Gasteiger charge is 2.10. The number of allylic oxidation sites excluding steroid dienone is 1. The van der Waals surface area contributed by atoms with Gasteiger partial charge in [0, 0.05) is 0 Å². The number of hydrogen-bond acceptors (Lipinski definition) is 3. The molecule has 2 rings (SSSR count). The van der Waals surface area contributed by atoms with Gasteiger partial charge in [-0.05, 0) is 29.7 Å². The summed E-state index contributed by atoms with van der Waals surface area (Å²) < 4.78 is 31.3. The van der Waals surface area contributed by atoms with E-state index in [0.29, 0.717) is 24.5 Å². The van der Waals surface area contributed by atoms with Gasteiger partial charge in [0.15, 0.2) is 0 Å². The van der Waals surface area contributed by atoms with Crippen molar-refractivity contribution in [2.45, 2.75) is 13.0 Å². The Bertz CT molecular complexity index is 740. The Kier molecular flexibility index (Phi) is 5.22. The van der Waals surface area contributed by atoms with E-state index < -0.39 is 10.0 Å². The molecule has 0 unspecified atom stereocenters. The van der Waals surface area contributed by atoms with Crippen LogP contribution in [0.15, 0.2) is 61.2 Å². The zero-order valence-corrected chi connectivity index (χ0v) is 13.3. The first-order chi connectivity index (χ1) is 10.5. The van der Waals surface area contributed by atoms with Crippen molar-refractivity contribution in [2.75, 3.05) is 11.0 Å². The smallest absolute Gasteiger partial charge is 0.229 e. The van der Waals surface area contributed by atoms with Crippen LogP contribution < -0.4 is 9.46 Å². The van der Waals surface area contributed by atoms with Crippen LogP contribution in [0.5, 0.6) is 5.75 Å². The fraction of sp³-hybridized carbons (Fsp3) is 0.176. The number of rotatable bonds is 7. The van der Waals surface area contributed by atoms with Gasteiger partial charge in [-0.25, -0.2) is 8.42 Å². The molecule has 0 spiro atoms. The van der Waals surface area contributed by atoms with Crippen molar-refractivity contribution in [2.24, 2.45) is 0 Å². The average Bonchev–Trinajstić information content (AvgIpc) is 2.46. The van der Waals surface area contributed by atoms with Gasteiger partial charge in [0.25, 0.3) is 0 Å². The monoisotopic (exact) mass is 317 g/mol. The first-order valence-electron chi connectivity index (χ1n) is 6.86. The molecule has 0 aliphatic carbocycles. The van der Waals surface area contributed by atoms with Crippen LogP contribution in [0.25, 0.3) is 0 Å². The number of benzene rings is 2. The maximum absolute atomic E-state index is 11.5. The molecule has 2 aromatic rings. The molecule has 0 radical (unpaired) electrons. The highest BCUT2D eigenvalue weighted by molar-refractivity contribution is 7.92. The summed E-state index contributed by atoms with van der Waals surface area (Å²) in [5, 5.41) is 0. The topological polar surface area (TPSA) is 55.4 Å². The fourth-order valence-corrected chi connectivity index (χ4v) is 2.57. The maximum atomic E-state index is 11.5. The van der Waals surface area contributed by atoms with Crippen LogP contribution in [0, 0.1) is 0 Å². The van der Waals surface area contributed by atoms with Crippen molar-refractivity contribution in [1.29, 1.82) is 0 Å². The first-order valence-corrected chi connectivity index (χ1v) is 8.75. The van der Waals surface area contributed by atoms with Crippen LogP contribution >= 0.6 is 0 Å². The van der Waals surface area contributed by atoms with Crippen LogP contribution in [0.2, 0.25) is 0 Å². The fourth-order valence-electron chi connectivity index (χ4n) is 2.01. The predicted octanol–water partition coefficient (Wildman–Crippen LogP) is 3.37. The van der Waals surface area contributed by atoms with Crippen LogP contribution in [0.3, 0.4) is 0 Å². The Hall–Kier alpha value is -2.27. The van der Waals surface area contributed by atoms with E-state index in [1.165, 1.54) is 0 Å². The predicted molar refractivity (Wildman–Crippen MR) is 89.6 cm³/mol. The van der Waals surface area contributed by atoms with Gasteiger partial charge in [-0.3, -0.25) is 4.72 Å². The van der Waals surface area contributed by atoms with E-state index in [2.05, 4.69) is 11.3 Å². The van der Waals surface area contributed by atoms with Crippen LogP contribution in [0.4, 0.5) is 5.69 Å². The van der Waals surface area contributed by atoms with Crippen molar-refractivity contribution in [1.82, 2.24) is 0 Å². The summed E-state index contributed by atoms with van der Waals surface area (Å²) in [5.74, 6) is 0.502. The molecule has 0 fully saturated rings. The molecule has 116 valence electrons. The quantitative estimate of drug-likeness (QED) is 0.797. The molecular weight excluding hydrogens is 298 g/mol. The molecule has 5 heteroatoms. The Morgan fingerprint density at radius 1 is 1.14 bits per heavy atom. The zero-order valence-electron chi connectivity index (χ0n) is 12.5. The Morgan fingerprint density at radius 3 is 2.50 bits per heavy atom. The largest absolute Gasteiger partial charge is 0.487 e. The molecule has 22 heavy (non-hydrogen) atoms. The summed E-state index contributed by atoms with van der Waals surface area (Å²) in [7, 11) is -3.37. The van der Waals surface area contributed by atoms with E-state index in [1.807, 2.05) is 36.4 Å². The second-order valence-corrected chi connectivity index (χ2v) is 6.72. The standard InChI is InChI=1S/C17H19NO3S/c1-3-7-14-10-11-17(16(12-14)18-22(2,19)20)21-13-15-8-5-4-6-9-15/h3-6,8-12,18H,1,7,13H2,2H3. The summed E-state index contributed by atoms with van der Waals surface area (Å²) in [6.07, 6.45) is 3.55. The molecule has 0 amide bonds. The lowest BCUT2D eigenvalue weighted by molar-refractivity contribution is 0.308. The first kappa shape index (κ1) is 16.1. The lowest BCUT2D eigenvalue weighted by Gasteiger charge is -2.13. The van der Waals surface area contributed by atoms with Gasteiger partial charge in [0.1, 0.15) is 12.4 Å². The molecule has 2 aromatic carbocycles. The van der Waals surface area contributed by atoms with Crippen molar-refractivity contribution in [3.63, 3.8) is 0 Å². The summed E-state index contributed by atoms with van der Waals surface area (Å²) in [6.45, 7) is 4.06. The minimum atomic E-state index is -3.37. The molecule has 0 aliphatic rings. The zero-order chi connectivity index (χ0) is 16.0. The molecule has 1 N–H and O–H groups in total. The third kappa shape index (κ3) is 4.93. The van der Waals surface area contributed by atoms with Crippen molar-refractivity contribution >= 4 is 15.7 Å². The molecule has 0 bridgehead atoms. The normalized spacial score (nSPS) is 11.0. The lowest BCUT2D eigenvalue weighted by Crippen LogP contribution is -2.11. The van der Waals surface area contributed by atoms with E-state index in [1.54, 1.807) is 18.2 Å². The second-order valence-electron chi connectivity index (χ2n) is 4.97. The highest BCUT2D eigenvalue weighted by atomic mass is 32.2. The average molecular weight is 317 g/mol. The van der Waals surface area contributed by atoms with Gasteiger partial charge in [-0.15, -0.1) is 6.58 Å². The summed E-state index contributed by atoms with van der Waals surface area (Å²) in [5.41, 5.74) is 2.42. The van der Waals surface area contributed by atoms with Gasteiger partial charge >= 0.3 is 0 Å². The van der Waals surface area contributed by atoms with Crippen LogP contribution in [-0.2, 0) is 23.1 Å². The third-order valence-electron chi connectivity index (χ3n) is 2.96. The van der Waals surface area contributed by atoms with Crippen molar-refractivity contribution < 1.29 is 13.2 Å². The maximum Gasteiger partial charge on any atom is 0.229 e. The van der Waals surface area contributed by atoms with Gasteiger partial charge in [0.2, 0.25) is 10.0 Å². The summed E-state index contributed by atoms with van der Waals surface area (Å²) in [6, 6.07) is 15.1. The number of hydrogen-bond donors (Lipinski definition) is 1. The molecule has 0 atom stereocenters. The SMILES string of the molecule is C=CCc1ccc(OCc2ccccc2)c(NS(C)(=O)=O)c1. The van der Waals surface area contributed by atoms with E-state index in [4.69, 9.17) is 4.74 Å². The number of nitrogens with one attached hydrogen (secondary N) is 1. The third-order valence-corrected chi connectivity index (χ3v) is 3.55. The Morgan fingerprint density at radius 2 is 1.86 bits per heavy atom. The Balaban J connectivity index is 2.23. The molecule has 0 aromatic heterocycles. The number of anilines is 1.